The number of esters is 2. The summed E-state index contributed by atoms with van der Waals surface area (Å²) in [6, 6.07) is 0. The number of ether oxygens (including phenoxy) is 4. The largest absolute Gasteiger partial charge is 0.454 e. The molecule has 4 aliphatic heterocycles. The normalized spacial score (nSPS) is 30.1. The number of rotatable bonds is 16. The Kier molecular flexibility index (Phi) is 27.8. The summed E-state index contributed by atoms with van der Waals surface area (Å²) in [6.45, 7) is 24.8. The van der Waals surface area contributed by atoms with Crippen LogP contribution in [0.2, 0.25) is 18.1 Å². The van der Waals surface area contributed by atoms with Crippen LogP contribution in [-0.2, 0) is 61.7 Å². The van der Waals surface area contributed by atoms with Crippen LogP contribution < -0.4 is 10.6 Å². The van der Waals surface area contributed by atoms with Crippen LogP contribution >= 0.6 is 0 Å². The molecule has 0 aliphatic carbocycles. The van der Waals surface area contributed by atoms with Crippen molar-refractivity contribution < 1.29 is 61.7 Å². The van der Waals surface area contributed by atoms with Gasteiger partial charge in [-0.3, -0.25) is 39.4 Å². The van der Waals surface area contributed by atoms with Gasteiger partial charge >= 0.3 is 11.9 Å². The predicted octanol–water partition coefficient (Wildman–Crippen LogP) is 10.7. The maximum absolute atomic E-state index is 13.4. The lowest BCUT2D eigenvalue weighted by Crippen LogP contribution is -2.49. The smallest absolute Gasteiger partial charge is 0.331 e. The fraction of sp³-hybridized carbons (Fsp3) is 0.672. The average Bonchev–Trinajstić information content (AvgIpc) is 3.34. The first-order chi connectivity index (χ1) is 36.2. The topological polar surface area (TPSA) is 207 Å². The van der Waals surface area contributed by atoms with Crippen molar-refractivity contribution in [1.29, 1.82) is 0 Å². The number of methoxy groups -OCH3 is 2. The van der Waals surface area contributed by atoms with Crippen LogP contribution in [0.5, 0.6) is 0 Å². The van der Waals surface area contributed by atoms with E-state index in [0.29, 0.717) is 70.6 Å². The van der Waals surface area contributed by atoms with Crippen LogP contribution in [0.3, 0.4) is 0 Å². The van der Waals surface area contributed by atoms with E-state index < -0.39 is 44.3 Å². The highest BCUT2D eigenvalue weighted by molar-refractivity contribution is 6.74. The Morgan fingerprint density at radius 3 is 1.39 bits per heavy atom. The van der Waals surface area contributed by atoms with Gasteiger partial charge in [0.2, 0.25) is 23.6 Å². The number of Topliss-reactive ketones (excluding diaryl/α,β-unsaturated/α-hetero) is 2. The molecule has 0 aromatic rings. The van der Waals surface area contributed by atoms with Crippen molar-refractivity contribution in [3.05, 3.63) is 71.9 Å². The standard InChI is InChI=1S/C33H53NO7Si.C28H41NO6/c1-22-19-23(2)32(41-42(8,9)33(4,5)6)27(39-7)17-12-10-11-13-18-30(38)40-31(22)24(3)26(35)16-14-15-25-20-28(36)34-29(37)21-25;1-18-15-19(2)28(35-27(33)14-9-7-6-8-13-24(34-5)20(18)3)21(4)23(30)12-10-11-22-16-25(31)29-26(32)17-22/h12-13,17-19,23-25,27,31-32H,10-11,14-16,20-21H2,1-9H3,(H,34,36,37);8-9,13-15,18,20-22,24,28H,6-7,10-12,16-17H2,1-5H3,(H,29,31,32)/b17-12+,18-13+,22-19-;13-8+,14-9+,19-15-/t23-,24-,27+,31+,32+;18-,20+,21-,24+,28+/m11/s1. The van der Waals surface area contributed by atoms with Crippen LogP contribution in [0.25, 0.3) is 0 Å². The highest BCUT2D eigenvalue weighted by atomic mass is 28.4. The lowest BCUT2D eigenvalue weighted by atomic mass is 9.84. The Labute approximate surface area is 461 Å². The summed E-state index contributed by atoms with van der Waals surface area (Å²) in [5, 5.41) is 4.64. The Balaban J connectivity index is 0.000000412. The Morgan fingerprint density at radius 1 is 0.623 bits per heavy atom. The van der Waals surface area contributed by atoms with Gasteiger partial charge in [0.05, 0.1) is 24.0 Å². The van der Waals surface area contributed by atoms with E-state index in [1.165, 1.54) is 12.2 Å². The number of carbonyl (C=O) groups is 8. The summed E-state index contributed by atoms with van der Waals surface area (Å²) in [6.07, 6.45) is 24.1. The van der Waals surface area contributed by atoms with Crippen LogP contribution in [-0.4, -0.2) is 100 Å². The first-order valence-electron chi connectivity index (χ1n) is 28.1. The number of nitrogens with one attached hydrogen (secondary N) is 2. The van der Waals surface area contributed by atoms with Gasteiger partial charge in [-0.2, -0.15) is 0 Å². The zero-order chi connectivity index (χ0) is 57.6. The lowest BCUT2D eigenvalue weighted by molar-refractivity contribution is -0.147. The Morgan fingerprint density at radius 2 is 1.00 bits per heavy atom. The molecule has 0 saturated carbocycles. The minimum absolute atomic E-state index is 0.00504. The van der Waals surface area contributed by atoms with E-state index in [-0.39, 0.29) is 94.6 Å². The maximum atomic E-state index is 13.4. The molecule has 0 spiro atoms. The fourth-order valence-corrected chi connectivity index (χ4v) is 11.5. The van der Waals surface area contributed by atoms with Gasteiger partial charge in [0, 0.05) is 70.8 Å². The highest BCUT2D eigenvalue weighted by Crippen LogP contribution is 2.40. The van der Waals surface area contributed by atoms with E-state index in [0.717, 1.165) is 24.0 Å². The molecule has 10 atom stereocenters. The summed E-state index contributed by atoms with van der Waals surface area (Å²) >= 11 is 0. The summed E-state index contributed by atoms with van der Waals surface area (Å²) < 4.78 is 30.3. The molecular weight excluding hydrogens is 997 g/mol. The summed E-state index contributed by atoms with van der Waals surface area (Å²) in [5.74, 6) is -2.85. The molecule has 4 amide bonds. The first kappa shape index (κ1) is 66.4. The third-order valence-corrected chi connectivity index (χ3v) is 20.5. The molecule has 0 aromatic carbocycles. The number of hydrogen-bond donors (Lipinski definition) is 2. The summed E-state index contributed by atoms with van der Waals surface area (Å²) in [7, 11) is 1.24. The minimum Gasteiger partial charge on any atom is -0.454 e. The van der Waals surface area contributed by atoms with Gasteiger partial charge in [-0.15, -0.1) is 0 Å². The summed E-state index contributed by atoms with van der Waals surface area (Å²) in [4.78, 5) is 98.3. The minimum atomic E-state index is -2.17. The molecular formula is C61H94N2O13Si. The van der Waals surface area contributed by atoms with E-state index in [4.69, 9.17) is 23.4 Å². The number of piperidine rings is 2. The second-order valence-corrected chi connectivity index (χ2v) is 28.2. The van der Waals surface area contributed by atoms with Crippen molar-refractivity contribution in [3.63, 3.8) is 0 Å². The van der Waals surface area contributed by atoms with E-state index in [1.54, 1.807) is 40.2 Å². The molecule has 4 rings (SSSR count). The van der Waals surface area contributed by atoms with Crippen molar-refractivity contribution in [2.24, 2.45) is 41.4 Å². The molecule has 0 radical (unpaired) electrons. The second-order valence-electron chi connectivity index (χ2n) is 23.5. The molecule has 2 fully saturated rings. The monoisotopic (exact) mass is 1090 g/mol. The van der Waals surface area contributed by atoms with Crippen molar-refractivity contribution in [1.82, 2.24) is 10.6 Å². The fourth-order valence-electron chi connectivity index (χ4n) is 10.1. The van der Waals surface area contributed by atoms with Gasteiger partial charge in [-0.05, 0) is 118 Å². The Hall–Kier alpha value is -4.90. The van der Waals surface area contributed by atoms with Crippen molar-refractivity contribution in [3.8, 4) is 0 Å². The third-order valence-electron chi connectivity index (χ3n) is 16.0. The van der Waals surface area contributed by atoms with Crippen LogP contribution in [0.15, 0.2) is 71.9 Å². The molecule has 15 nitrogen and oxygen atoms in total. The zero-order valence-electron chi connectivity index (χ0n) is 48.9. The molecule has 2 N–H and O–H groups in total. The second kappa shape index (κ2) is 32.2. The van der Waals surface area contributed by atoms with Gasteiger partial charge in [0.25, 0.3) is 0 Å². The van der Waals surface area contributed by atoms with E-state index in [9.17, 15) is 38.4 Å². The van der Waals surface area contributed by atoms with Crippen LogP contribution in [0.1, 0.15) is 159 Å². The number of ketones is 2. The molecule has 16 heteroatoms. The molecule has 2 saturated heterocycles. The SMILES string of the molecule is CO[C@H]1/C=C/CC/C=C/C(=O)O[C@H]([C@H](C)C(=O)CCCC2CC(=O)NC(=O)C2)/C(C)=C\[C@@H](C)[C@@H]1C.CO[C@H]1/C=C/CC/C=C/C(=O)O[C@H]([C@H](C)C(=O)CCCC2CC(=O)NC(=O)C2)/C(C)=C\[C@@H](C)[C@@H]1O[Si](C)(C)C(C)(C)C. The first-order valence-corrected chi connectivity index (χ1v) is 31.0. The molecule has 0 aromatic heterocycles. The third kappa shape index (κ3) is 22.4. The predicted molar refractivity (Wildman–Crippen MR) is 301 cm³/mol. The highest BCUT2D eigenvalue weighted by Gasteiger charge is 2.42. The van der Waals surface area contributed by atoms with E-state index in [2.05, 4.69) is 102 Å². The number of imide groups is 2. The summed E-state index contributed by atoms with van der Waals surface area (Å²) in [5.41, 5.74) is 1.64. The quantitative estimate of drug-likeness (QED) is 0.0639. The average molecular weight is 1090 g/mol. The molecule has 0 unspecified atom stereocenters. The molecule has 4 heterocycles. The number of allylic oxidation sites excluding steroid dienone is 5. The molecule has 430 valence electrons. The number of carbonyl (C=O) groups excluding carboxylic acids is 8. The van der Waals surface area contributed by atoms with Crippen LogP contribution in [0.4, 0.5) is 0 Å². The van der Waals surface area contributed by atoms with Crippen LogP contribution in [0, 0.1) is 41.4 Å². The van der Waals surface area contributed by atoms with Gasteiger partial charge in [0.1, 0.15) is 29.9 Å². The lowest BCUT2D eigenvalue weighted by Gasteiger charge is -2.42. The van der Waals surface area contributed by atoms with Gasteiger partial charge in [-0.25, -0.2) is 9.59 Å². The van der Waals surface area contributed by atoms with Crippen molar-refractivity contribution in [2.45, 2.75) is 208 Å². The van der Waals surface area contributed by atoms with Gasteiger partial charge < -0.3 is 23.4 Å². The molecule has 0 bridgehead atoms. The van der Waals surface area contributed by atoms with Crippen molar-refractivity contribution in [2.75, 3.05) is 14.2 Å². The van der Waals surface area contributed by atoms with E-state index in [1.807, 2.05) is 13.8 Å². The Bertz CT molecular complexity index is 2190. The maximum Gasteiger partial charge on any atom is 0.331 e. The molecule has 77 heavy (non-hydrogen) atoms. The van der Waals surface area contributed by atoms with Gasteiger partial charge in [0.15, 0.2) is 8.32 Å². The van der Waals surface area contributed by atoms with E-state index >= 15 is 0 Å². The van der Waals surface area contributed by atoms with Crippen molar-refractivity contribution >= 4 is 55.5 Å². The molecule has 4 aliphatic rings. The number of amides is 4. The number of cyclic esters (lactones) is 2. The zero-order valence-corrected chi connectivity index (χ0v) is 49.9. The van der Waals surface area contributed by atoms with Gasteiger partial charge in [-0.1, -0.05) is 104 Å². The number of hydrogen-bond acceptors (Lipinski definition) is 13.